The summed E-state index contributed by atoms with van der Waals surface area (Å²) < 4.78 is 17.0. The molecule has 0 amide bonds. The van der Waals surface area contributed by atoms with E-state index in [1.165, 1.54) is 44.9 Å². The van der Waals surface area contributed by atoms with Crippen molar-refractivity contribution < 1.29 is 14.2 Å². The lowest BCUT2D eigenvalue weighted by molar-refractivity contribution is -0.380. The molecule has 5 nitrogen and oxygen atoms in total. The van der Waals surface area contributed by atoms with Crippen molar-refractivity contribution in [2.45, 2.75) is 70.7 Å². The van der Waals surface area contributed by atoms with E-state index in [9.17, 15) is 0 Å². The monoisotopic (exact) mass is 358 g/mol. The molecule has 1 aliphatic rings. The number of rotatable bonds is 15. The van der Waals surface area contributed by atoms with Crippen molar-refractivity contribution in [2.24, 2.45) is 5.92 Å². The van der Waals surface area contributed by atoms with E-state index < -0.39 is 5.97 Å². The molecule has 0 aromatic rings. The van der Waals surface area contributed by atoms with E-state index in [2.05, 4.69) is 17.1 Å². The Bertz CT molecular complexity index is 297. The van der Waals surface area contributed by atoms with E-state index >= 15 is 0 Å². The van der Waals surface area contributed by atoms with Gasteiger partial charge in [-0.1, -0.05) is 45.4 Å². The number of piperazine rings is 1. The van der Waals surface area contributed by atoms with E-state index in [1.54, 1.807) is 21.3 Å². The second-order valence-electron chi connectivity index (χ2n) is 7.20. The van der Waals surface area contributed by atoms with Gasteiger partial charge in [0.15, 0.2) is 0 Å². The Morgan fingerprint density at radius 2 is 1.40 bits per heavy atom. The van der Waals surface area contributed by atoms with E-state index in [-0.39, 0.29) is 5.92 Å². The van der Waals surface area contributed by atoms with Crippen LogP contribution in [0.5, 0.6) is 0 Å². The molecule has 1 saturated heterocycles. The molecule has 5 heteroatoms. The number of nitrogens with zero attached hydrogens (tertiary/aromatic N) is 1. The molecule has 0 spiro atoms. The molecule has 1 aliphatic heterocycles. The molecule has 0 saturated carbocycles. The Kier molecular flexibility index (Phi) is 12.7. The zero-order valence-corrected chi connectivity index (χ0v) is 17.1. The van der Waals surface area contributed by atoms with Crippen LogP contribution in [0, 0.1) is 5.92 Å². The van der Waals surface area contributed by atoms with Gasteiger partial charge in [-0.25, -0.2) is 0 Å². The molecule has 0 aromatic heterocycles. The summed E-state index contributed by atoms with van der Waals surface area (Å²) in [6.07, 6.45) is 11.2. The SMILES string of the molecule is CCCCCCCCC(CCCN1CCNCC1)C(OC)(OC)OC. The molecule has 0 bridgehead atoms. The summed E-state index contributed by atoms with van der Waals surface area (Å²) in [6, 6.07) is 0. The van der Waals surface area contributed by atoms with Crippen molar-refractivity contribution in [3.63, 3.8) is 0 Å². The van der Waals surface area contributed by atoms with Crippen molar-refractivity contribution in [3.05, 3.63) is 0 Å². The van der Waals surface area contributed by atoms with Crippen molar-refractivity contribution >= 4 is 0 Å². The van der Waals surface area contributed by atoms with Crippen LogP contribution in [0.1, 0.15) is 64.7 Å². The number of methoxy groups -OCH3 is 3. The number of unbranched alkanes of at least 4 members (excludes halogenated alkanes) is 5. The van der Waals surface area contributed by atoms with Gasteiger partial charge in [-0.3, -0.25) is 0 Å². The normalized spacial score (nSPS) is 17.8. The standard InChI is InChI=1S/C20H42N2O3/c1-5-6-7-8-9-10-12-19(20(23-2,24-3)25-4)13-11-16-22-17-14-21-15-18-22/h19,21H,5-18H2,1-4H3. The summed E-state index contributed by atoms with van der Waals surface area (Å²) in [4.78, 5) is 2.55. The Labute approximate surface area is 155 Å². The Morgan fingerprint density at radius 1 is 0.840 bits per heavy atom. The smallest absolute Gasteiger partial charge is 0.285 e. The zero-order valence-electron chi connectivity index (χ0n) is 17.1. The third kappa shape index (κ3) is 8.35. The van der Waals surface area contributed by atoms with Gasteiger partial charge >= 0.3 is 0 Å². The molecule has 1 heterocycles. The highest BCUT2D eigenvalue weighted by Crippen LogP contribution is 2.32. The van der Waals surface area contributed by atoms with Crippen molar-refractivity contribution in [1.82, 2.24) is 10.2 Å². The fourth-order valence-electron chi connectivity index (χ4n) is 3.92. The summed E-state index contributed by atoms with van der Waals surface area (Å²) in [6.45, 7) is 7.96. The molecule has 0 radical (unpaired) electrons. The van der Waals surface area contributed by atoms with E-state index in [4.69, 9.17) is 14.2 Å². The number of ether oxygens (including phenoxy) is 3. The molecule has 1 unspecified atom stereocenters. The molecule has 150 valence electrons. The van der Waals surface area contributed by atoms with E-state index in [0.29, 0.717) is 0 Å². The van der Waals surface area contributed by atoms with Gasteiger partial charge in [0, 0.05) is 53.4 Å². The van der Waals surface area contributed by atoms with Gasteiger partial charge in [-0.2, -0.15) is 0 Å². The number of nitrogens with one attached hydrogen (secondary N) is 1. The van der Waals surface area contributed by atoms with Gasteiger partial charge in [0.1, 0.15) is 0 Å². The molecule has 1 fully saturated rings. The maximum absolute atomic E-state index is 5.67. The van der Waals surface area contributed by atoms with Crippen molar-refractivity contribution in [1.29, 1.82) is 0 Å². The average Bonchev–Trinajstić information content (AvgIpc) is 2.66. The van der Waals surface area contributed by atoms with Crippen molar-refractivity contribution in [3.8, 4) is 0 Å². The lowest BCUT2D eigenvalue weighted by atomic mass is 9.92. The Morgan fingerprint density at radius 3 is 2.00 bits per heavy atom. The maximum atomic E-state index is 5.67. The first-order valence-electron chi connectivity index (χ1n) is 10.3. The lowest BCUT2D eigenvalue weighted by Crippen LogP contribution is -2.45. The van der Waals surface area contributed by atoms with Gasteiger partial charge < -0.3 is 24.4 Å². The van der Waals surface area contributed by atoms with Gasteiger partial charge in [0.05, 0.1) is 0 Å². The summed E-state index contributed by atoms with van der Waals surface area (Å²) in [5, 5.41) is 3.41. The molecular weight excluding hydrogens is 316 g/mol. The maximum Gasteiger partial charge on any atom is 0.285 e. The van der Waals surface area contributed by atoms with Gasteiger partial charge in [-0.05, 0) is 25.8 Å². The highest BCUT2D eigenvalue weighted by atomic mass is 16.9. The summed E-state index contributed by atoms with van der Waals surface area (Å²) >= 11 is 0. The minimum absolute atomic E-state index is 0.279. The molecule has 0 aliphatic carbocycles. The molecule has 1 rings (SSSR count). The first-order valence-corrected chi connectivity index (χ1v) is 10.3. The van der Waals surface area contributed by atoms with Gasteiger partial charge in [0.25, 0.3) is 5.97 Å². The fourth-order valence-corrected chi connectivity index (χ4v) is 3.92. The highest BCUT2D eigenvalue weighted by Gasteiger charge is 2.39. The van der Waals surface area contributed by atoms with Crippen LogP contribution in [0.4, 0.5) is 0 Å². The summed E-state index contributed by atoms with van der Waals surface area (Å²) in [5.74, 6) is -0.617. The zero-order chi connectivity index (χ0) is 18.4. The third-order valence-electron chi connectivity index (χ3n) is 5.50. The molecule has 25 heavy (non-hydrogen) atoms. The van der Waals surface area contributed by atoms with Crippen LogP contribution in [0.15, 0.2) is 0 Å². The second-order valence-corrected chi connectivity index (χ2v) is 7.20. The van der Waals surface area contributed by atoms with Crippen LogP contribution < -0.4 is 5.32 Å². The average molecular weight is 359 g/mol. The first-order chi connectivity index (χ1) is 12.2. The molecule has 1 atom stereocenters. The molecular formula is C20H42N2O3. The van der Waals surface area contributed by atoms with Crippen LogP contribution in [0.25, 0.3) is 0 Å². The predicted molar refractivity (Wildman–Crippen MR) is 104 cm³/mol. The summed E-state index contributed by atoms with van der Waals surface area (Å²) in [5.41, 5.74) is 0. The minimum atomic E-state index is -0.896. The third-order valence-corrected chi connectivity index (χ3v) is 5.50. The number of hydrogen-bond donors (Lipinski definition) is 1. The van der Waals surface area contributed by atoms with Gasteiger partial charge in [0.2, 0.25) is 0 Å². The van der Waals surface area contributed by atoms with Crippen molar-refractivity contribution in [2.75, 3.05) is 54.1 Å². The van der Waals surface area contributed by atoms with E-state index in [0.717, 1.165) is 45.6 Å². The quantitative estimate of drug-likeness (QED) is 0.358. The van der Waals surface area contributed by atoms with Crippen LogP contribution in [-0.4, -0.2) is 64.9 Å². The number of hydrogen-bond acceptors (Lipinski definition) is 5. The fraction of sp³-hybridized carbons (Fsp3) is 1.00. The van der Waals surface area contributed by atoms with Crippen LogP contribution in [0.2, 0.25) is 0 Å². The van der Waals surface area contributed by atoms with E-state index in [1.807, 2.05) is 0 Å². The largest absolute Gasteiger partial charge is 0.331 e. The molecule has 0 aromatic carbocycles. The first kappa shape index (κ1) is 22.8. The summed E-state index contributed by atoms with van der Waals surface area (Å²) in [7, 11) is 5.08. The van der Waals surface area contributed by atoms with Gasteiger partial charge in [-0.15, -0.1) is 0 Å². The Hall–Kier alpha value is -0.200. The molecule has 1 N–H and O–H groups in total. The topological polar surface area (TPSA) is 43.0 Å². The highest BCUT2D eigenvalue weighted by molar-refractivity contribution is 4.74. The van der Waals surface area contributed by atoms with Crippen LogP contribution in [-0.2, 0) is 14.2 Å². The second kappa shape index (κ2) is 13.9. The predicted octanol–water partition coefficient (Wildman–Crippen LogP) is 3.63. The Balaban J connectivity index is 2.43. The lowest BCUT2D eigenvalue weighted by Gasteiger charge is -2.37. The van der Waals surface area contributed by atoms with Crippen LogP contribution in [0.3, 0.4) is 0 Å². The van der Waals surface area contributed by atoms with Crippen LogP contribution >= 0.6 is 0 Å². The minimum Gasteiger partial charge on any atom is -0.331 e.